The number of nitrogens with one attached hydrogen (secondary N) is 1. The molecule has 0 radical (unpaired) electrons. The molecule has 0 spiro atoms. The van der Waals surface area contributed by atoms with E-state index in [4.69, 9.17) is 0 Å². The van der Waals surface area contributed by atoms with Gasteiger partial charge in [-0.2, -0.15) is 0 Å². The highest BCUT2D eigenvalue weighted by molar-refractivity contribution is 9.10. The Morgan fingerprint density at radius 1 is 1.10 bits per heavy atom. The lowest BCUT2D eigenvalue weighted by Gasteiger charge is -2.12. The molecule has 0 unspecified atom stereocenters. The van der Waals surface area contributed by atoms with Crippen LogP contribution in [0.1, 0.15) is 32.1 Å². The van der Waals surface area contributed by atoms with E-state index in [2.05, 4.69) is 27.3 Å². The molecule has 1 fully saturated rings. The fraction of sp³-hybridized carbons (Fsp3) is 0.353. The predicted octanol–water partition coefficient (Wildman–Crippen LogP) is 5.12. The highest BCUT2D eigenvalue weighted by atomic mass is 79.9. The quantitative estimate of drug-likeness (QED) is 0.830. The van der Waals surface area contributed by atoms with Gasteiger partial charge in [0.05, 0.1) is 0 Å². The van der Waals surface area contributed by atoms with Crippen LogP contribution in [0.4, 0.5) is 5.69 Å². The van der Waals surface area contributed by atoms with Crippen LogP contribution in [0.3, 0.4) is 0 Å². The molecule has 1 N–H and O–H groups in total. The van der Waals surface area contributed by atoms with E-state index in [9.17, 15) is 4.79 Å². The zero-order chi connectivity index (χ0) is 13.9. The van der Waals surface area contributed by atoms with Crippen LogP contribution in [0.25, 0.3) is 10.8 Å². The largest absolute Gasteiger partial charge is 0.326 e. The van der Waals surface area contributed by atoms with E-state index in [1.165, 1.54) is 25.7 Å². The average molecular weight is 332 g/mol. The van der Waals surface area contributed by atoms with Crippen LogP contribution < -0.4 is 5.32 Å². The van der Waals surface area contributed by atoms with Gasteiger partial charge in [0, 0.05) is 22.0 Å². The van der Waals surface area contributed by atoms with E-state index >= 15 is 0 Å². The minimum Gasteiger partial charge on any atom is -0.326 e. The number of carbonyl (C=O) groups excluding carboxylic acids is 1. The van der Waals surface area contributed by atoms with E-state index in [-0.39, 0.29) is 5.91 Å². The van der Waals surface area contributed by atoms with Gasteiger partial charge in [-0.25, -0.2) is 0 Å². The van der Waals surface area contributed by atoms with Crippen molar-refractivity contribution in [3.8, 4) is 0 Å². The van der Waals surface area contributed by atoms with Crippen molar-refractivity contribution >= 4 is 38.3 Å². The maximum absolute atomic E-state index is 12.2. The lowest BCUT2D eigenvalue weighted by atomic mass is 10.0. The Kier molecular flexibility index (Phi) is 4.06. The van der Waals surface area contributed by atoms with Gasteiger partial charge < -0.3 is 5.32 Å². The third-order valence-electron chi connectivity index (χ3n) is 4.09. The van der Waals surface area contributed by atoms with Crippen LogP contribution in [-0.4, -0.2) is 5.91 Å². The van der Waals surface area contributed by atoms with E-state index in [0.717, 1.165) is 20.9 Å². The van der Waals surface area contributed by atoms with Crippen LogP contribution in [-0.2, 0) is 4.79 Å². The maximum atomic E-state index is 12.2. The number of hydrogen-bond acceptors (Lipinski definition) is 1. The first-order valence-corrected chi connectivity index (χ1v) is 8.00. The fourth-order valence-corrected chi connectivity index (χ4v) is 3.53. The molecule has 1 aliphatic carbocycles. The lowest BCUT2D eigenvalue weighted by Crippen LogP contribution is -2.15. The summed E-state index contributed by atoms with van der Waals surface area (Å²) in [6.45, 7) is 0. The molecule has 2 nitrogen and oxygen atoms in total. The molecule has 0 aromatic heterocycles. The van der Waals surface area contributed by atoms with Crippen molar-refractivity contribution in [2.24, 2.45) is 5.92 Å². The molecule has 1 amide bonds. The molecule has 0 heterocycles. The first kappa shape index (κ1) is 13.6. The zero-order valence-corrected chi connectivity index (χ0v) is 12.9. The SMILES string of the molecule is O=C(CC1CCCC1)Nc1ccc(Br)c2ccccc12. The molecule has 1 aliphatic rings. The van der Waals surface area contributed by atoms with Crippen molar-refractivity contribution in [3.05, 3.63) is 40.9 Å². The van der Waals surface area contributed by atoms with E-state index < -0.39 is 0 Å². The van der Waals surface area contributed by atoms with Crippen molar-refractivity contribution in [2.75, 3.05) is 5.32 Å². The summed E-state index contributed by atoms with van der Waals surface area (Å²) in [4.78, 5) is 12.2. The highest BCUT2D eigenvalue weighted by Crippen LogP contribution is 2.31. The van der Waals surface area contributed by atoms with Crippen LogP contribution in [0.2, 0.25) is 0 Å². The highest BCUT2D eigenvalue weighted by Gasteiger charge is 2.18. The van der Waals surface area contributed by atoms with E-state index in [0.29, 0.717) is 12.3 Å². The van der Waals surface area contributed by atoms with Gasteiger partial charge in [0.15, 0.2) is 0 Å². The number of amides is 1. The number of fused-ring (bicyclic) bond motifs is 1. The summed E-state index contributed by atoms with van der Waals surface area (Å²) in [5, 5.41) is 5.29. The third-order valence-corrected chi connectivity index (χ3v) is 4.79. The third kappa shape index (κ3) is 2.88. The van der Waals surface area contributed by atoms with Crippen LogP contribution in [0.5, 0.6) is 0 Å². The number of hydrogen-bond donors (Lipinski definition) is 1. The monoisotopic (exact) mass is 331 g/mol. The number of halogens is 1. The molecule has 104 valence electrons. The molecule has 3 rings (SSSR count). The van der Waals surface area contributed by atoms with Crippen molar-refractivity contribution in [1.82, 2.24) is 0 Å². The minimum atomic E-state index is 0.143. The minimum absolute atomic E-state index is 0.143. The Balaban J connectivity index is 1.80. The summed E-state index contributed by atoms with van der Waals surface area (Å²) in [5.74, 6) is 0.723. The van der Waals surface area contributed by atoms with Gasteiger partial charge in [-0.05, 0) is 36.3 Å². The number of carbonyl (C=O) groups is 1. The molecule has 3 heteroatoms. The summed E-state index contributed by atoms with van der Waals surface area (Å²) in [7, 11) is 0. The van der Waals surface area contributed by atoms with Crippen molar-refractivity contribution in [2.45, 2.75) is 32.1 Å². The van der Waals surface area contributed by atoms with Crippen molar-refractivity contribution in [3.63, 3.8) is 0 Å². The van der Waals surface area contributed by atoms with Gasteiger partial charge in [-0.15, -0.1) is 0 Å². The Morgan fingerprint density at radius 3 is 2.55 bits per heavy atom. The lowest BCUT2D eigenvalue weighted by molar-refractivity contribution is -0.117. The normalized spacial score (nSPS) is 15.7. The molecule has 0 saturated heterocycles. The molecule has 0 atom stereocenters. The van der Waals surface area contributed by atoms with Crippen LogP contribution >= 0.6 is 15.9 Å². The summed E-state index contributed by atoms with van der Waals surface area (Å²) in [6.07, 6.45) is 5.62. The Morgan fingerprint density at radius 2 is 1.80 bits per heavy atom. The molecule has 20 heavy (non-hydrogen) atoms. The van der Waals surface area contributed by atoms with E-state index in [1.54, 1.807) is 0 Å². The molecule has 2 aromatic carbocycles. The first-order chi connectivity index (χ1) is 9.74. The average Bonchev–Trinajstić information content (AvgIpc) is 2.95. The second-order valence-corrected chi connectivity index (χ2v) is 6.40. The van der Waals surface area contributed by atoms with Gasteiger partial charge in [-0.1, -0.05) is 53.0 Å². The first-order valence-electron chi connectivity index (χ1n) is 7.21. The smallest absolute Gasteiger partial charge is 0.224 e. The summed E-state index contributed by atoms with van der Waals surface area (Å²) in [6, 6.07) is 12.1. The summed E-state index contributed by atoms with van der Waals surface area (Å²) in [5.41, 5.74) is 0.909. The number of rotatable bonds is 3. The van der Waals surface area contributed by atoms with Crippen molar-refractivity contribution < 1.29 is 4.79 Å². The van der Waals surface area contributed by atoms with Gasteiger partial charge in [0.1, 0.15) is 0 Å². The second kappa shape index (κ2) is 5.96. The molecule has 0 aliphatic heterocycles. The fourth-order valence-electron chi connectivity index (χ4n) is 3.05. The number of anilines is 1. The Bertz CT molecular complexity index is 632. The summed E-state index contributed by atoms with van der Waals surface area (Å²) >= 11 is 3.56. The van der Waals surface area contributed by atoms with E-state index in [1.807, 2.05) is 30.3 Å². The van der Waals surface area contributed by atoms with Crippen molar-refractivity contribution in [1.29, 1.82) is 0 Å². The number of benzene rings is 2. The van der Waals surface area contributed by atoms with Crippen LogP contribution in [0.15, 0.2) is 40.9 Å². The molecule has 0 bridgehead atoms. The zero-order valence-electron chi connectivity index (χ0n) is 11.4. The van der Waals surface area contributed by atoms with Crippen LogP contribution in [0, 0.1) is 5.92 Å². The van der Waals surface area contributed by atoms with Gasteiger partial charge in [-0.3, -0.25) is 4.79 Å². The van der Waals surface area contributed by atoms with Gasteiger partial charge in [0.25, 0.3) is 0 Å². The van der Waals surface area contributed by atoms with Gasteiger partial charge >= 0.3 is 0 Å². The summed E-state index contributed by atoms with van der Waals surface area (Å²) < 4.78 is 1.06. The van der Waals surface area contributed by atoms with Gasteiger partial charge in [0.2, 0.25) is 5.91 Å². The molecular formula is C17H18BrNO. The predicted molar refractivity (Wildman–Crippen MR) is 86.9 cm³/mol. The maximum Gasteiger partial charge on any atom is 0.224 e. The Hall–Kier alpha value is -1.35. The molecule has 2 aromatic rings. The molecular weight excluding hydrogens is 314 g/mol. The Labute approximate surface area is 127 Å². The molecule has 1 saturated carbocycles. The standard InChI is InChI=1S/C17H18BrNO/c18-15-9-10-16(14-8-4-3-7-13(14)15)19-17(20)11-12-5-1-2-6-12/h3-4,7-10,12H,1-2,5-6,11H2,(H,19,20). The second-order valence-electron chi connectivity index (χ2n) is 5.54. The topological polar surface area (TPSA) is 29.1 Å².